The number of hydrogen-bond donors (Lipinski definition) is 6. The third kappa shape index (κ3) is 6.47. The Morgan fingerprint density at radius 3 is 2.45 bits per heavy atom. The second-order valence-electron chi connectivity index (χ2n) is 6.19. The normalized spacial score (nSPS) is 11.5. The van der Waals surface area contributed by atoms with E-state index in [4.69, 9.17) is 5.11 Å². The van der Waals surface area contributed by atoms with Crippen LogP contribution < -0.4 is 16.0 Å². The Balaban J connectivity index is 1.55. The number of benzene rings is 2. The molecule has 0 fully saturated rings. The van der Waals surface area contributed by atoms with Gasteiger partial charge in [0, 0.05) is 5.69 Å². The van der Waals surface area contributed by atoms with Crippen LogP contribution in [0.2, 0.25) is 0 Å². The van der Waals surface area contributed by atoms with Crippen LogP contribution in [0.25, 0.3) is 0 Å². The molecule has 0 aliphatic rings. The summed E-state index contributed by atoms with van der Waals surface area (Å²) in [7, 11) is 0. The summed E-state index contributed by atoms with van der Waals surface area (Å²) >= 11 is -1.27. The molecule has 1 radical (unpaired) electrons. The van der Waals surface area contributed by atoms with E-state index in [0.717, 1.165) is 0 Å². The molecule has 0 bridgehead atoms. The molecule has 161 valence electrons. The molecule has 1 atom stereocenters. The van der Waals surface area contributed by atoms with Crippen LogP contribution in [0.3, 0.4) is 0 Å². The van der Waals surface area contributed by atoms with Crippen molar-refractivity contribution in [2.24, 2.45) is 0 Å². The molecular weight excluding hydrogens is 422 g/mol. The Kier molecular flexibility index (Phi) is 7.49. The van der Waals surface area contributed by atoms with Gasteiger partial charge in [-0.3, -0.25) is 0 Å². The van der Waals surface area contributed by atoms with Gasteiger partial charge < -0.3 is 35.8 Å². The number of anilines is 3. The molecule has 0 saturated carbocycles. The van der Waals surface area contributed by atoms with Crippen molar-refractivity contribution in [3.8, 4) is 11.6 Å². The maximum Gasteiger partial charge on any atom is 0.320 e. The van der Waals surface area contributed by atoms with Crippen LogP contribution in [0, 0.1) is 6.54 Å². The summed E-state index contributed by atoms with van der Waals surface area (Å²) in [6, 6.07) is 12.2. The van der Waals surface area contributed by atoms with Crippen LogP contribution in [0.1, 0.15) is 5.56 Å². The largest absolute Gasteiger partial charge is 0.611 e. The van der Waals surface area contributed by atoms with E-state index >= 15 is 0 Å². The lowest BCUT2D eigenvalue weighted by atomic mass is 10.2. The zero-order chi connectivity index (χ0) is 22.2. The molecule has 2 amide bonds. The maximum absolute atomic E-state index is 12.0. The highest BCUT2D eigenvalue weighted by atomic mass is 32.2. The second-order valence-corrected chi connectivity index (χ2v) is 7.76. The average molecular weight is 442 g/mol. The van der Waals surface area contributed by atoms with Gasteiger partial charge in [-0.05, 0) is 53.1 Å². The SMILES string of the molecule is O=C(N[CH]c1ccc(O)cc1)Nc1cnc(Nc2ccc([S+]([O-])CCO)cc2)nc1O. The summed E-state index contributed by atoms with van der Waals surface area (Å²) in [5.74, 6) is -0.0512. The minimum atomic E-state index is -1.27. The highest BCUT2D eigenvalue weighted by molar-refractivity contribution is 7.91. The van der Waals surface area contributed by atoms with E-state index in [9.17, 15) is 19.6 Å². The van der Waals surface area contributed by atoms with Crippen LogP contribution in [-0.2, 0) is 11.2 Å². The molecular formula is C20H20N5O5S. The van der Waals surface area contributed by atoms with Crippen LogP contribution >= 0.6 is 0 Å². The van der Waals surface area contributed by atoms with Crippen molar-refractivity contribution in [1.82, 2.24) is 15.3 Å². The smallest absolute Gasteiger partial charge is 0.320 e. The Morgan fingerprint density at radius 1 is 1.10 bits per heavy atom. The first kappa shape index (κ1) is 22.2. The predicted molar refractivity (Wildman–Crippen MR) is 115 cm³/mol. The van der Waals surface area contributed by atoms with Crippen LogP contribution in [0.4, 0.5) is 22.1 Å². The van der Waals surface area contributed by atoms with Crippen molar-refractivity contribution in [1.29, 1.82) is 0 Å². The van der Waals surface area contributed by atoms with Gasteiger partial charge in [0.15, 0.2) is 4.90 Å². The zero-order valence-corrected chi connectivity index (χ0v) is 17.0. The van der Waals surface area contributed by atoms with Crippen molar-refractivity contribution in [3.63, 3.8) is 0 Å². The van der Waals surface area contributed by atoms with Gasteiger partial charge in [-0.2, -0.15) is 4.98 Å². The summed E-state index contributed by atoms with van der Waals surface area (Å²) in [6.07, 6.45) is 1.25. The number of hydrogen-bond acceptors (Lipinski definition) is 8. The van der Waals surface area contributed by atoms with Crippen LogP contribution in [-0.4, -0.2) is 48.2 Å². The molecule has 2 aromatic carbocycles. The van der Waals surface area contributed by atoms with Gasteiger partial charge in [-0.25, -0.2) is 9.78 Å². The van der Waals surface area contributed by atoms with Crippen molar-refractivity contribution in [3.05, 3.63) is 66.8 Å². The van der Waals surface area contributed by atoms with Gasteiger partial charge in [-0.15, -0.1) is 0 Å². The molecule has 3 rings (SSSR count). The van der Waals surface area contributed by atoms with Crippen molar-refractivity contribution >= 4 is 34.5 Å². The molecule has 1 aromatic heterocycles. The number of phenolic OH excluding ortho intramolecular Hbond substituents is 1. The Labute approximate surface area is 181 Å². The molecule has 3 aromatic rings. The number of aromatic hydroxyl groups is 2. The molecule has 0 aliphatic heterocycles. The number of amides is 2. The van der Waals surface area contributed by atoms with Gasteiger partial charge in [0.2, 0.25) is 11.8 Å². The number of carbonyl (C=O) groups excluding carboxylic acids is 1. The van der Waals surface area contributed by atoms with Crippen molar-refractivity contribution < 1.29 is 24.7 Å². The van der Waals surface area contributed by atoms with Crippen LogP contribution in [0.15, 0.2) is 59.6 Å². The Morgan fingerprint density at radius 2 is 1.81 bits per heavy atom. The third-order valence-electron chi connectivity index (χ3n) is 3.93. The molecule has 1 unspecified atom stereocenters. The topological polar surface area (TPSA) is 163 Å². The minimum Gasteiger partial charge on any atom is -0.611 e. The Bertz CT molecular complexity index is 1020. The van der Waals surface area contributed by atoms with Gasteiger partial charge in [-0.1, -0.05) is 12.1 Å². The summed E-state index contributed by atoms with van der Waals surface area (Å²) in [5.41, 5.74) is 1.28. The standard InChI is InChI=1S/C20H20N5O5S/c26-9-10-31(30)16-7-3-14(4-8-16)23-19-21-12-17(18(28)25-19)24-20(29)22-11-13-1-5-15(27)6-2-13/h1-8,11-12,26-27H,9-10H2,(H2,22,24,29)(H2,21,23,25,28). The summed E-state index contributed by atoms with van der Waals surface area (Å²) in [6.45, 7) is 1.27. The van der Waals surface area contributed by atoms with E-state index in [0.29, 0.717) is 16.1 Å². The number of rotatable bonds is 8. The number of nitrogens with one attached hydrogen (secondary N) is 3. The molecule has 0 saturated heterocycles. The number of phenols is 1. The molecule has 31 heavy (non-hydrogen) atoms. The summed E-state index contributed by atoms with van der Waals surface area (Å²) in [5, 5.41) is 36.0. The molecule has 1 heterocycles. The highest BCUT2D eigenvalue weighted by Crippen LogP contribution is 2.23. The van der Waals surface area contributed by atoms with E-state index in [2.05, 4.69) is 25.9 Å². The fourth-order valence-corrected chi connectivity index (χ4v) is 3.26. The fourth-order valence-electron chi connectivity index (χ4n) is 2.42. The average Bonchev–Trinajstić information content (AvgIpc) is 2.76. The number of carbonyl (C=O) groups is 1. The zero-order valence-electron chi connectivity index (χ0n) is 16.1. The summed E-state index contributed by atoms with van der Waals surface area (Å²) < 4.78 is 11.8. The number of aliphatic hydroxyl groups is 1. The second kappa shape index (κ2) is 10.5. The number of urea groups is 1. The minimum absolute atomic E-state index is 0.0110. The first-order valence-electron chi connectivity index (χ1n) is 9.06. The first-order chi connectivity index (χ1) is 14.9. The van der Waals surface area contributed by atoms with Crippen molar-refractivity contribution in [2.45, 2.75) is 4.90 Å². The molecule has 6 N–H and O–H groups in total. The van der Waals surface area contributed by atoms with E-state index in [1.807, 2.05) is 0 Å². The number of nitrogens with zero attached hydrogens (tertiary/aromatic N) is 2. The quantitative estimate of drug-likeness (QED) is 0.289. The highest BCUT2D eigenvalue weighted by Gasteiger charge is 2.12. The lowest BCUT2D eigenvalue weighted by Crippen LogP contribution is -2.27. The van der Waals surface area contributed by atoms with Crippen LogP contribution in [0.5, 0.6) is 11.6 Å². The number of aliphatic hydroxyl groups excluding tert-OH is 1. The monoisotopic (exact) mass is 442 g/mol. The maximum atomic E-state index is 12.0. The van der Waals surface area contributed by atoms with Gasteiger partial charge in [0.05, 0.1) is 19.3 Å². The van der Waals surface area contributed by atoms with E-state index in [1.165, 1.54) is 24.9 Å². The summed E-state index contributed by atoms with van der Waals surface area (Å²) in [4.78, 5) is 20.5. The lowest BCUT2D eigenvalue weighted by Gasteiger charge is -2.11. The lowest BCUT2D eigenvalue weighted by molar-refractivity contribution is 0.254. The van der Waals surface area contributed by atoms with Gasteiger partial charge in [0.1, 0.15) is 17.2 Å². The molecule has 0 spiro atoms. The predicted octanol–water partition coefficient (Wildman–Crippen LogP) is 2.06. The Hall–Kier alpha value is -3.54. The van der Waals surface area contributed by atoms with Gasteiger partial charge >= 0.3 is 6.03 Å². The van der Waals surface area contributed by atoms with Gasteiger partial charge in [0.25, 0.3) is 0 Å². The molecule has 0 aliphatic carbocycles. The van der Waals surface area contributed by atoms with E-state index in [-0.39, 0.29) is 29.7 Å². The third-order valence-corrected chi connectivity index (χ3v) is 5.28. The van der Waals surface area contributed by atoms with E-state index in [1.54, 1.807) is 36.4 Å². The van der Waals surface area contributed by atoms with E-state index < -0.39 is 23.1 Å². The molecule has 11 heteroatoms. The molecule has 10 nitrogen and oxygen atoms in total. The fraction of sp³-hybridized carbons (Fsp3) is 0.100. The number of aromatic nitrogens is 2. The van der Waals surface area contributed by atoms with Crippen molar-refractivity contribution in [2.75, 3.05) is 23.0 Å². The first-order valence-corrected chi connectivity index (χ1v) is 10.4.